The van der Waals surface area contributed by atoms with E-state index in [0.29, 0.717) is 40.5 Å². The Bertz CT molecular complexity index is 829. The van der Waals surface area contributed by atoms with Crippen molar-refractivity contribution in [3.63, 3.8) is 0 Å². The molecule has 1 amide bonds. The van der Waals surface area contributed by atoms with Crippen LogP contribution in [0.2, 0.25) is 10.0 Å². The van der Waals surface area contributed by atoms with Crippen molar-refractivity contribution in [1.82, 2.24) is 15.6 Å². The van der Waals surface area contributed by atoms with Gasteiger partial charge in [-0.2, -0.15) is 0 Å². The maximum atomic E-state index is 12.0. The Morgan fingerprint density at radius 3 is 2.50 bits per heavy atom. The highest BCUT2D eigenvalue weighted by Crippen LogP contribution is 2.23. The zero-order valence-corrected chi connectivity index (χ0v) is 20.6. The fraction of sp³-hybridized carbons (Fsp3) is 0.350. The highest BCUT2D eigenvalue weighted by molar-refractivity contribution is 14.0. The number of hydrogen-bond acceptors (Lipinski definition) is 4. The average molecular weight is 566 g/mol. The van der Waals surface area contributed by atoms with Gasteiger partial charge in [-0.15, -0.1) is 24.0 Å². The number of guanidine groups is 1. The Kier molecular flexibility index (Phi) is 12.0. The van der Waals surface area contributed by atoms with Crippen LogP contribution in [-0.4, -0.2) is 41.6 Å². The van der Waals surface area contributed by atoms with E-state index in [9.17, 15) is 9.90 Å². The molecule has 0 aliphatic carbocycles. The van der Waals surface area contributed by atoms with Crippen LogP contribution in [0.5, 0.6) is 0 Å². The van der Waals surface area contributed by atoms with Gasteiger partial charge in [0.1, 0.15) is 5.82 Å². The molecule has 7 nitrogen and oxygen atoms in total. The number of nitrogens with zero attached hydrogens (tertiary/aromatic N) is 2. The van der Waals surface area contributed by atoms with Crippen LogP contribution in [0.3, 0.4) is 0 Å². The van der Waals surface area contributed by atoms with Crippen LogP contribution in [0.15, 0.2) is 41.5 Å². The van der Waals surface area contributed by atoms with Crippen molar-refractivity contribution in [1.29, 1.82) is 0 Å². The van der Waals surface area contributed by atoms with Gasteiger partial charge in [-0.3, -0.25) is 9.79 Å². The number of aryl methyl sites for hydroxylation is 1. The number of carbonyl (C=O) groups excluding carboxylic acids is 1. The summed E-state index contributed by atoms with van der Waals surface area (Å²) in [4.78, 5) is 20.5. The van der Waals surface area contributed by atoms with Gasteiger partial charge in [0.25, 0.3) is 0 Å². The molecule has 1 aromatic heterocycles. The molecule has 0 saturated carbocycles. The molecule has 1 aromatic carbocycles. The largest absolute Gasteiger partial charge is 0.386 e. The van der Waals surface area contributed by atoms with Crippen LogP contribution in [0.4, 0.5) is 5.82 Å². The van der Waals surface area contributed by atoms with Crippen LogP contribution in [-0.2, 0) is 4.79 Å². The average Bonchev–Trinajstić information content (AvgIpc) is 2.67. The lowest BCUT2D eigenvalue weighted by Crippen LogP contribution is -2.39. The molecule has 1 atom stereocenters. The third-order valence-electron chi connectivity index (χ3n) is 3.86. The lowest BCUT2D eigenvalue weighted by Gasteiger charge is -2.14. The molecule has 164 valence electrons. The predicted molar refractivity (Wildman–Crippen MR) is 133 cm³/mol. The van der Waals surface area contributed by atoms with Crippen molar-refractivity contribution >= 4 is 64.9 Å². The summed E-state index contributed by atoms with van der Waals surface area (Å²) in [6.45, 7) is 5.00. The fourth-order valence-electron chi connectivity index (χ4n) is 2.43. The minimum atomic E-state index is -0.849. The van der Waals surface area contributed by atoms with Gasteiger partial charge >= 0.3 is 0 Å². The number of pyridine rings is 1. The van der Waals surface area contributed by atoms with Crippen LogP contribution in [0, 0.1) is 6.92 Å². The number of benzene rings is 1. The number of hydrogen-bond donors (Lipinski definition) is 4. The molecule has 1 unspecified atom stereocenters. The van der Waals surface area contributed by atoms with E-state index in [1.807, 2.05) is 19.9 Å². The van der Waals surface area contributed by atoms with Gasteiger partial charge in [-0.25, -0.2) is 4.98 Å². The number of aromatic nitrogens is 1. The predicted octanol–water partition coefficient (Wildman–Crippen LogP) is 3.93. The van der Waals surface area contributed by atoms with Crippen molar-refractivity contribution in [2.45, 2.75) is 26.4 Å². The van der Waals surface area contributed by atoms with Gasteiger partial charge in [-0.1, -0.05) is 29.3 Å². The number of amides is 1. The van der Waals surface area contributed by atoms with Crippen molar-refractivity contribution in [3.8, 4) is 0 Å². The van der Waals surface area contributed by atoms with Gasteiger partial charge in [0.2, 0.25) is 5.91 Å². The van der Waals surface area contributed by atoms with Gasteiger partial charge < -0.3 is 21.1 Å². The lowest BCUT2D eigenvalue weighted by atomic mass is 10.1. The molecule has 30 heavy (non-hydrogen) atoms. The van der Waals surface area contributed by atoms with E-state index >= 15 is 0 Å². The molecule has 4 N–H and O–H groups in total. The molecule has 0 aliphatic rings. The zero-order chi connectivity index (χ0) is 21.2. The van der Waals surface area contributed by atoms with Gasteiger partial charge in [0.15, 0.2) is 5.96 Å². The quantitative estimate of drug-likeness (QED) is 0.221. The number of anilines is 1. The van der Waals surface area contributed by atoms with Crippen LogP contribution in [0.1, 0.15) is 30.6 Å². The van der Waals surface area contributed by atoms with Crippen molar-refractivity contribution < 1.29 is 9.90 Å². The van der Waals surface area contributed by atoms with Crippen LogP contribution in [0.25, 0.3) is 0 Å². The summed E-state index contributed by atoms with van der Waals surface area (Å²) < 4.78 is 0. The minimum absolute atomic E-state index is 0. The molecular formula is C20H26Cl2IN5O2. The van der Waals surface area contributed by atoms with E-state index in [4.69, 9.17) is 23.2 Å². The SMILES string of the molecule is CCNC(=NCC(O)c1cc(Cl)cc(Cl)c1)NCCC(=O)Nc1ccc(C)cn1.I. The topological polar surface area (TPSA) is 98.6 Å². The molecule has 0 spiro atoms. The molecular weight excluding hydrogens is 540 g/mol. The fourth-order valence-corrected chi connectivity index (χ4v) is 2.98. The Morgan fingerprint density at radius 1 is 1.20 bits per heavy atom. The second kappa shape index (κ2) is 13.6. The standard InChI is InChI=1S/C20H25Cl2N5O2.HI/c1-3-23-20(26-12-17(28)14-8-15(21)10-16(22)9-14)24-7-6-19(29)27-18-5-4-13(2)11-25-18;/h4-5,8-11,17,28H,3,6-7,12H2,1-2H3,(H2,23,24,26)(H,25,27,29);1H. The summed E-state index contributed by atoms with van der Waals surface area (Å²) in [5.74, 6) is 0.865. The highest BCUT2D eigenvalue weighted by atomic mass is 127. The molecule has 0 saturated heterocycles. The van der Waals surface area contributed by atoms with E-state index in [0.717, 1.165) is 5.56 Å². The number of aliphatic imine (C=N–C) groups is 1. The molecule has 0 aliphatic heterocycles. The van der Waals surface area contributed by atoms with Crippen molar-refractivity contribution in [3.05, 3.63) is 57.7 Å². The van der Waals surface area contributed by atoms with E-state index in [2.05, 4.69) is 25.9 Å². The molecule has 10 heteroatoms. The molecule has 1 heterocycles. The first-order chi connectivity index (χ1) is 13.9. The zero-order valence-electron chi connectivity index (χ0n) is 16.8. The normalized spacial score (nSPS) is 12.0. The lowest BCUT2D eigenvalue weighted by molar-refractivity contribution is -0.116. The van der Waals surface area contributed by atoms with Gasteiger partial charge in [0.05, 0.1) is 12.6 Å². The summed E-state index contributed by atoms with van der Waals surface area (Å²) >= 11 is 11.9. The summed E-state index contributed by atoms with van der Waals surface area (Å²) in [5, 5.41) is 20.1. The molecule has 2 aromatic rings. The van der Waals surface area contributed by atoms with Gasteiger partial charge in [-0.05, 0) is 49.2 Å². The number of rotatable bonds is 8. The monoisotopic (exact) mass is 565 g/mol. The van der Waals surface area contributed by atoms with Crippen LogP contribution >= 0.6 is 47.2 Å². The Balaban J connectivity index is 0.00000450. The number of halogens is 3. The summed E-state index contributed by atoms with van der Waals surface area (Å²) in [7, 11) is 0. The van der Waals surface area contributed by atoms with E-state index in [1.54, 1.807) is 30.5 Å². The summed E-state index contributed by atoms with van der Waals surface area (Å²) in [6, 6.07) is 8.55. The van der Waals surface area contributed by atoms with Gasteiger partial charge in [0, 0.05) is 35.8 Å². The first-order valence-electron chi connectivity index (χ1n) is 9.26. The van der Waals surface area contributed by atoms with E-state index < -0.39 is 6.10 Å². The van der Waals surface area contributed by atoms with Crippen molar-refractivity contribution in [2.75, 3.05) is 25.0 Å². The number of aliphatic hydroxyl groups excluding tert-OH is 1. The highest BCUT2D eigenvalue weighted by Gasteiger charge is 2.10. The van der Waals surface area contributed by atoms with Crippen molar-refractivity contribution in [2.24, 2.45) is 4.99 Å². The smallest absolute Gasteiger partial charge is 0.227 e. The minimum Gasteiger partial charge on any atom is -0.386 e. The molecule has 0 fully saturated rings. The molecule has 0 radical (unpaired) electrons. The Hall–Kier alpha value is -1.62. The second-order valence-corrected chi connectivity index (χ2v) is 7.26. The first kappa shape index (κ1) is 26.4. The Morgan fingerprint density at radius 2 is 1.90 bits per heavy atom. The number of aliphatic hydroxyl groups is 1. The maximum Gasteiger partial charge on any atom is 0.227 e. The third kappa shape index (κ3) is 9.46. The number of nitrogens with one attached hydrogen (secondary N) is 3. The van der Waals surface area contributed by atoms with E-state index in [-0.39, 0.29) is 42.8 Å². The maximum absolute atomic E-state index is 12.0. The molecule has 0 bridgehead atoms. The second-order valence-electron chi connectivity index (χ2n) is 6.38. The third-order valence-corrected chi connectivity index (χ3v) is 4.30. The number of carbonyl (C=O) groups is 1. The summed E-state index contributed by atoms with van der Waals surface area (Å²) in [5.41, 5.74) is 1.62. The Labute approximate surface area is 203 Å². The molecule has 2 rings (SSSR count). The van der Waals surface area contributed by atoms with Crippen LogP contribution < -0.4 is 16.0 Å². The summed E-state index contributed by atoms with van der Waals surface area (Å²) in [6.07, 6.45) is 1.09. The first-order valence-corrected chi connectivity index (χ1v) is 10.0. The van der Waals surface area contributed by atoms with E-state index in [1.165, 1.54) is 0 Å².